The molecule has 8 heteroatoms. The molecule has 37 heavy (non-hydrogen) atoms. The minimum absolute atomic E-state index is 0.154. The Labute approximate surface area is 224 Å². The van der Waals surface area contributed by atoms with Crippen LogP contribution in [-0.4, -0.2) is 30.5 Å². The van der Waals surface area contributed by atoms with Crippen molar-refractivity contribution in [3.63, 3.8) is 0 Å². The van der Waals surface area contributed by atoms with Gasteiger partial charge in [-0.3, -0.25) is 9.69 Å². The SMILES string of the molecule is COc1ccc(CN(C(=O)C2CCN(Cc3ccccc3)[C@@H](C)C2)c2cc(C(F)(F)F)ccc2Br)cc1. The lowest BCUT2D eigenvalue weighted by Gasteiger charge is -2.39. The molecule has 0 N–H and O–H groups in total. The number of ether oxygens (including phenoxy) is 1. The van der Waals surface area contributed by atoms with Gasteiger partial charge in [-0.1, -0.05) is 42.5 Å². The number of nitrogens with zero attached hydrogens (tertiary/aromatic N) is 2. The van der Waals surface area contributed by atoms with Crippen molar-refractivity contribution in [3.05, 3.63) is 94.0 Å². The number of anilines is 1. The zero-order valence-electron chi connectivity index (χ0n) is 20.8. The Hall–Kier alpha value is -2.84. The summed E-state index contributed by atoms with van der Waals surface area (Å²) >= 11 is 3.40. The third-order valence-corrected chi connectivity index (χ3v) is 7.59. The Morgan fingerprint density at radius 2 is 1.76 bits per heavy atom. The van der Waals surface area contributed by atoms with Gasteiger partial charge in [0.15, 0.2) is 0 Å². The molecule has 4 nitrogen and oxygen atoms in total. The largest absolute Gasteiger partial charge is 0.497 e. The maximum Gasteiger partial charge on any atom is 0.416 e. The molecule has 3 aromatic carbocycles. The van der Waals surface area contributed by atoms with Crippen molar-refractivity contribution in [1.29, 1.82) is 0 Å². The van der Waals surface area contributed by atoms with E-state index in [9.17, 15) is 18.0 Å². The average molecular weight is 575 g/mol. The van der Waals surface area contributed by atoms with E-state index in [1.807, 2.05) is 30.3 Å². The van der Waals surface area contributed by atoms with Crippen LogP contribution in [0.25, 0.3) is 0 Å². The maximum atomic E-state index is 13.9. The van der Waals surface area contributed by atoms with Crippen LogP contribution in [0.1, 0.15) is 36.5 Å². The summed E-state index contributed by atoms with van der Waals surface area (Å²) < 4.78 is 46.4. The van der Waals surface area contributed by atoms with Crippen LogP contribution in [0.15, 0.2) is 77.3 Å². The van der Waals surface area contributed by atoms with Gasteiger partial charge in [0.25, 0.3) is 0 Å². The lowest BCUT2D eigenvalue weighted by molar-refractivity contribution is -0.137. The fraction of sp³-hybridized carbons (Fsp3) is 0.345. The highest BCUT2D eigenvalue weighted by Gasteiger charge is 2.35. The first-order chi connectivity index (χ1) is 17.7. The van der Waals surface area contributed by atoms with E-state index >= 15 is 0 Å². The van der Waals surface area contributed by atoms with Crippen LogP contribution in [0, 0.1) is 5.92 Å². The molecule has 0 spiro atoms. The molecular weight excluding hydrogens is 545 g/mol. The fourth-order valence-corrected chi connectivity index (χ4v) is 5.27. The molecule has 1 heterocycles. The summed E-state index contributed by atoms with van der Waals surface area (Å²) in [6.45, 7) is 3.81. The molecule has 0 radical (unpaired) electrons. The Morgan fingerprint density at radius 1 is 1.05 bits per heavy atom. The van der Waals surface area contributed by atoms with Gasteiger partial charge in [0.1, 0.15) is 5.75 Å². The van der Waals surface area contributed by atoms with Crippen molar-refractivity contribution >= 4 is 27.5 Å². The molecule has 1 unspecified atom stereocenters. The summed E-state index contributed by atoms with van der Waals surface area (Å²) in [4.78, 5) is 17.8. The van der Waals surface area contributed by atoms with Crippen LogP contribution in [0.3, 0.4) is 0 Å². The van der Waals surface area contributed by atoms with Gasteiger partial charge in [0, 0.05) is 23.0 Å². The van der Waals surface area contributed by atoms with Crippen LogP contribution >= 0.6 is 15.9 Å². The molecule has 2 atom stereocenters. The number of hydrogen-bond donors (Lipinski definition) is 0. The van der Waals surface area contributed by atoms with Crippen molar-refractivity contribution in [2.24, 2.45) is 5.92 Å². The molecule has 4 rings (SSSR count). The second kappa shape index (κ2) is 11.7. The quantitative estimate of drug-likeness (QED) is 0.296. The number of methoxy groups -OCH3 is 1. The molecule has 3 aromatic rings. The molecule has 1 aliphatic rings. The van der Waals surface area contributed by atoms with E-state index in [2.05, 4.69) is 39.9 Å². The summed E-state index contributed by atoms with van der Waals surface area (Å²) in [5.41, 5.74) is 1.44. The molecule has 1 amide bonds. The number of halogens is 4. The van der Waals surface area contributed by atoms with Gasteiger partial charge in [-0.25, -0.2) is 0 Å². The van der Waals surface area contributed by atoms with Crippen LogP contribution < -0.4 is 9.64 Å². The van der Waals surface area contributed by atoms with E-state index in [1.165, 1.54) is 16.5 Å². The molecular formula is C29H30BrF3N2O2. The Kier molecular flexibility index (Phi) is 8.60. The number of benzene rings is 3. The van der Waals surface area contributed by atoms with Gasteiger partial charge in [0.05, 0.1) is 24.9 Å². The second-order valence-corrected chi connectivity index (χ2v) is 10.3. The normalized spacial score (nSPS) is 18.4. The Morgan fingerprint density at radius 3 is 2.38 bits per heavy atom. The number of alkyl halides is 3. The lowest BCUT2D eigenvalue weighted by Crippen LogP contribution is -2.46. The number of piperidine rings is 1. The van der Waals surface area contributed by atoms with Crippen molar-refractivity contribution < 1.29 is 22.7 Å². The average Bonchev–Trinajstić information content (AvgIpc) is 2.89. The maximum absolute atomic E-state index is 13.9. The third kappa shape index (κ3) is 6.73. The van der Waals surface area contributed by atoms with Crippen LogP contribution in [0.2, 0.25) is 0 Å². The number of rotatable bonds is 7. The van der Waals surface area contributed by atoms with E-state index in [4.69, 9.17) is 4.74 Å². The standard InChI is InChI=1S/C29H30BrF3N2O2/c1-20-16-23(14-15-34(20)18-21-6-4-3-5-7-21)28(36)35(19-22-8-11-25(37-2)12-9-22)27-17-24(29(31,32)33)10-13-26(27)30/h3-13,17,20,23H,14-16,18-19H2,1-2H3/t20-,23?/m0/s1. The van der Waals surface area contributed by atoms with Gasteiger partial charge in [0.2, 0.25) is 5.91 Å². The van der Waals surface area contributed by atoms with Crippen molar-refractivity contribution in [1.82, 2.24) is 4.90 Å². The minimum atomic E-state index is -4.51. The van der Waals surface area contributed by atoms with Gasteiger partial charge < -0.3 is 9.64 Å². The van der Waals surface area contributed by atoms with Crippen molar-refractivity contribution in [3.8, 4) is 5.75 Å². The molecule has 0 aromatic heterocycles. The molecule has 0 bridgehead atoms. The summed E-state index contributed by atoms with van der Waals surface area (Å²) in [5.74, 6) is 0.213. The van der Waals surface area contributed by atoms with E-state index in [0.717, 1.165) is 30.8 Å². The van der Waals surface area contributed by atoms with E-state index in [0.29, 0.717) is 23.1 Å². The van der Waals surface area contributed by atoms with E-state index in [1.54, 1.807) is 19.2 Å². The first-order valence-corrected chi connectivity index (χ1v) is 13.0. The molecule has 1 fully saturated rings. The lowest BCUT2D eigenvalue weighted by atomic mass is 9.89. The van der Waals surface area contributed by atoms with Gasteiger partial charge in [-0.15, -0.1) is 0 Å². The molecule has 0 saturated carbocycles. The Bertz CT molecular complexity index is 1200. The monoisotopic (exact) mass is 574 g/mol. The number of carbonyl (C=O) groups is 1. The Balaban J connectivity index is 1.59. The predicted octanol–water partition coefficient (Wildman–Crippen LogP) is 7.31. The van der Waals surface area contributed by atoms with Crippen molar-refractivity contribution in [2.45, 2.75) is 45.1 Å². The van der Waals surface area contributed by atoms with Crippen molar-refractivity contribution in [2.75, 3.05) is 18.6 Å². The van der Waals surface area contributed by atoms with Crippen LogP contribution in [0.4, 0.5) is 18.9 Å². The fourth-order valence-electron chi connectivity index (χ4n) is 4.81. The molecule has 196 valence electrons. The number of likely N-dealkylation sites (tertiary alicyclic amines) is 1. The molecule has 1 aliphatic heterocycles. The zero-order valence-corrected chi connectivity index (χ0v) is 22.4. The van der Waals surface area contributed by atoms with Gasteiger partial charge in [-0.2, -0.15) is 13.2 Å². The van der Waals surface area contributed by atoms with Gasteiger partial charge in [-0.05, 0) is 83.7 Å². The smallest absolute Gasteiger partial charge is 0.416 e. The number of amides is 1. The highest BCUT2D eigenvalue weighted by Crippen LogP contribution is 2.38. The molecule has 0 aliphatic carbocycles. The third-order valence-electron chi connectivity index (χ3n) is 6.92. The minimum Gasteiger partial charge on any atom is -0.497 e. The second-order valence-electron chi connectivity index (χ2n) is 9.46. The first-order valence-electron chi connectivity index (χ1n) is 12.2. The summed E-state index contributed by atoms with van der Waals surface area (Å²) in [6, 6.07) is 21.0. The van der Waals surface area contributed by atoms with E-state index in [-0.39, 0.29) is 30.1 Å². The summed E-state index contributed by atoms with van der Waals surface area (Å²) in [5, 5.41) is 0. The summed E-state index contributed by atoms with van der Waals surface area (Å²) in [7, 11) is 1.57. The van der Waals surface area contributed by atoms with Gasteiger partial charge >= 0.3 is 6.18 Å². The molecule has 1 saturated heterocycles. The number of hydrogen-bond acceptors (Lipinski definition) is 3. The van der Waals surface area contributed by atoms with Crippen LogP contribution in [0.5, 0.6) is 5.75 Å². The predicted molar refractivity (Wildman–Crippen MR) is 142 cm³/mol. The topological polar surface area (TPSA) is 32.8 Å². The first kappa shape index (κ1) is 27.2. The zero-order chi connectivity index (χ0) is 26.6. The number of carbonyl (C=O) groups excluding carboxylic acids is 1. The highest BCUT2D eigenvalue weighted by molar-refractivity contribution is 9.10. The highest BCUT2D eigenvalue weighted by atomic mass is 79.9. The van der Waals surface area contributed by atoms with E-state index < -0.39 is 11.7 Å². The summed E-state index contributed by atoms with van der Waals surface area (Å²) in [6.07, 6.45) is -3.23. The van der Waals surface area contributed by atoms with Crippen LogP contribution in [-0.2, 0) is 24.1 Å².